The molecule has 0 aliphatic rings. The molecule has 1 aromatic carbocycles. The van der Waals surface area contributed by atoms with E-state index in [1.165, 1.54) is 5.56 Å². The molecule has 0 radical (unpaired) electrons. The molecule has 0 saturated carbocycles. The SMILES string of the molecule is Cc1cc(Br)c(O)cc1I. The molecule has 0 aromatic heterocycles. The maximum Gasteiger partial charge on any atom is 0.130 e. The van der Waals surface area contributed by atoms with Crippen LogP contribution in [0.5, 0.6) is 5.75 Å². The van der Waals surface area contributed by atoms with Gasteiger partial charge >= 0.3 is 0 Å². The van der Waals surface area contributed by atoms with Gasteiger partial charge in [-0.3, -0.25) is 0 Å². The van der Waals surface area contributed by atoms with E-state index in [0.29, 0.717) is 5.75 Å². The summed E-state index contributed by atoms with van der Waals surface area (Å²) in [5.41, 5.74) is 1.17. The van der Waals surface area contributed by atoms with Crippen molar-refractivity contribution in [1.82, 2.24) is 0 Å². The Morgan fingerprint density at radius 1 is 1.50 bits per heavy atom. The van der Waals surface area contributed by atoms with Crippen LogP contribution in [0.4, 0.5) is 0 Å². The van der Waals surface area contributed by atoms with Gasteiger partial charge in [-0.1, -0.05) is 0 Å². The zero-order valence-electron chi connectivity index (χ0n) is 5.36. The van der Waals surface area contributed by atoms with E-state index in [1.807, 2.05) is 13.0 Å². The van der Waals surface area contributed by atoms with Crippen LogP contribution in [-0.2, 0) is 0 Å². The monoisotopic (exact) mass is 312 g/mol. The van der Waals surface area contributed by atoms with E-state index in [1.54, 1.807) is 6.07 Å². The second-order valence-corrected chi connectivity index (χ2v) is 4.07. The van der Waals surface area contributed by atoms with Crippen molar-refractivity contribution >= 4 is 38.5 Å². The summed E-state index contributed by atoms with van der Waals surface area (Å²) in [6, 6.07) is 3.64. The third-order valence-electron chi connectivity index (χ3n) is 1.23. The van der Waals surface area contributed by atoms with Gasteiger partial charge in [-0.2, -0.15) is 0 Å². The van der Waals surface area contributed by atoms with Crippen molar-refractivity contribution in [3.8, 4) is 5.75 Å². The summed E-state index contributed by atoms with van der Waals surface area (Å²) in [6.07, 6.45) is 0. The molecule has 0 heterocycles. The van der Waals surface area contributed by atoms with Crippen LogP contribution in [0.15, 0.2) is 16.6 Å². The minimum Gasteiger partial charge on any atom is -0.507 e. The van der Waals surface area contributed by atoms with E-state index in [0.717, 1.165) is 8.04 Å². The molecule has 0 aliphatic heterocycles. The average Bonchev–Trinajstić information content (AvgIpc) is 1.84. The largest absolute Gasteiger partial charge is 0.507 e. The van der Waals surface area contributed by atoms with Gasteiger partial charge in [0.25, 0.3) is 0 Å². The molecular formula is C7H6BrIO. The molecule has 1 nitrogen and oxygen atoms in total. The van der Waals surface area contributed by atoms with Gasteiger partial charge in [0.1, 0.15) is 5.75 Å². The maximum atomic E-state index is 9.17. The lowest BCUT2D eigenvalue weighted by Crippen LogP contribution is -1.79. The van der Waals surface area contributed by atoms with Crippen LogP contribution in [-0.4, -0.2) is 5.11 Å². The molecule has 54 valence electrons. The number of phenols is 1. The highest BCUT2D eigenvalue weighted by atomic mass is 127. The Balaban J connectivity index is 3.28. The quantitative estimate of drug-likeness (QED) is 0.730. The van der Waals surface area contributed by atoms with Gasteiger partial charge < -0.3 is 5.11 Å². The number of hydrogen-bond acceptors (Lipinski definition) is 1. The molecule has 0 aliphatic carbocycles. The zero-order chi connectivity index (χ0) is 7.72. The summed E-state index contributed by atoms with van der Waals surface area (Å²) in [7, 11) is 0. The first-order chi connectivity index (χ1) is 4.61. The van der Waals surface area contributed by atoms with Crippen molar-refractivity contribution in [1.29, 1.82) is 0 Å². The van der Waals surface area contributed by atoms with Crippen molar-refractivity contribution in [3.63, 3.8) is 0 Å². The Morgan fingerprint density at radius 3 is 2.60 bits per heavy atom. The number of aryl methyl sites for hydroxylation is 1. The highest BCUT2D eigenvalue weighted by Crippen LogP contribution is 2.27. The normalized spacial score (nSPS) is 9.90. The predicted octanol–water partition coefficient (Wildman–Crippen LogP) is 3.07. The highest BCUT2D eigenvalue weighted by molar-refractivity contribution is 14.1. The fourth-order valence-corrected chi connectivity index (χ4v) is 1.54. The maximum absolute atomic E-state index is 9.17. The molecule has 1 aromatic rings. The number of halogens is 2. The van der Waals surface area contributed by atoms with Gasteiger partial charge in [0.2, 0.25) is 0 Å². The van der Waals surface area contributed by atoms with E-state index < -0.39 is 0 Å². The molecule has 0 atom stereocenters. The first-order valence-corrected chi connectivity index (χ1v) is 4.63. The van der Waals surface area contributed by atoms with E-state index in [4.69, 9.17) is 0 Å². The highest BCUT2D eigenvalue weighted by Gasteiger charge is 2.00. The van der Waals surface area contributed by atoms with Crippen LogP contribution in [0.2, 0.25) is 0 Å². The summed E-state index contributed by atoms with van der Waals surface area (Å²) < 4.78 is 1.84. The lowest BCUT2D eigenvalue weighted by atomic mass is 10.2. The Bertz CT molecular complexity index is 210. The van der Waals surface area contributed by atoms with Crippen molar-refractivity contribution in [2.24, 2.45) is 0 Å². The molecule has 0 bridgehead atoms. The minimum atomic E-state index is 0.301. The fourth-order valence-electron chi connectivity index (χ4n) is 0.636. The average molecular weight is 313 g/mol. The van der Waals surface area contributed by atoms with Crippen molar-refractivity contribution in [3.05, 3.63) is 25.7 Å². The number of hydrogen-bond donors (Lipinski definition) is 1. The summed E-state index contributed by atoms with van der Waals surface area (Å²) in [5.74, 6) is 0.301. The van der Waals surface area contributed by atoms with Gasteiger partial charge in [-0.05, 0) is 63.1 Å². The number of rotatable bonds is 0. The molecule has 10 heavy (non-hydrogen) atoms. The second-order valence-electron chi connectivity index (χ2n) is 2.05. The zero-order valence-corrected chi connectivity index (χ0v) is 9.10. The van der Waals surface area contributed by atoms with Gasteiger partial charge in [0.15, 0.2) is 0 Å². The molecule has 1 rings (SSSR count). The molecule has 1 N–H and O–H groups in total. The van der Waals surface area contributed by atoms with Crippen LogP contribution >= 0.6 is 38.5 Å². The third-order valence-corrected chi connectivity index (χ3v) is 3.03. The van der Waals surface area contributed by atoms with Gasteiger partial charge in [-0.15, -0.1) is 0 Å². The first-order valence-electron chi connectivity index (χ1n) is 2.76. The Labute approximate surface area is 81.7 Å². The van der Waals surface area contributed by atoms with E-state index in [2.05, 4.69) is 38.5 Å². The van der Waals surface area contributed by atoms with Crippen molar-refractivity contribution < 1.29 is 5.11 Å². The smallest absolute Gasteiger partial charge is 0.130 e. The van der Waals surface area contributed by atoms with Crippen molar-refractivity contribution in [2.45, 2.75) is 6.92 Å². The molecule has 3 heteroatoms. The lowest BCUT2D eigenvalue weighted by molar-refractivity contribution is 0.471. The number of phenolic OH excluding ortho intramolecular Hbond substituents is 1. The minimum absolute atomic E-state index is 0.301. The summed E-state index contributed by atoms with van der Waals surface area (Å²) in [4.78, 5) is 0. The van der Waals surface area contributed by atoms with Gasteiger partial charge in [-0.25, -0.2) is 0 Å². The fraction of sp³-hybridized carbons (Fsp3) is 0.143. The van der Waals surface area contributed by atoms with Crippen LogP contribution in [0.3, 0.4) is 0 Å². The Morgan fingerprint density at radius 2 is 2.10 bits per heavy atom. The molecule has 0 amide bonds. The molecule has 0 spiro atoms. The summed E-state index contributed by atoms with van der Waals surface area (Å²) in [6.45, 7) is 2.01. The standard InChI is InChI=1S/C7H6BrIO/c1-4-2-5(8)7(10)3-6(4)9/h2-3,10H,1H3. The molecule has 0 saturated heterocycles. The first kappa shape index (κ1) is 8.33. The van der Waals surface area contributed by atoms with E-state index >= 15 is 0 Å². The molecule has 0 fully saturated rings. The van der Waals surface area contributed by atoms with Crippen LogP contribution in [0.25, 0.3) is 0 Å². The molecule has 0 unspecified atom stereocenters. The third kappa shape index (κ3) is 1.63. The predicted molar refractivity (Wildman–Crippen MR) is 53.3 cm³/mol. The lowest BCUT2D eigenvalue weighted by Gasteiger charge is -2.00. The topological polar surface area (TPSA) is 20.2 Å². The van der Waals surface area contributed by atoms with Crippen molar-refractivity contribution in [2.75, 3.05) is 0 Å². The summed E-state index contributed by atoms with van der Waals surface area (Å²) in [5, 5.41) is 9.17. The number of aromatic hydroxyl groups is 1. The van der Waals surface area contributed by atoms with Crippen LogP contribution in [0.1, 0.15) is 5.56 Å². The molecular weight excluding hydrogens is 307 g/mol. The van der Waals surface area contributed by atoms with Crippen LogP contribution in [0, 0.1) is 10.5 Å². The van der Waals surface area contributed by atoms with Gasteiger partial charge in [0.05, 0.1) is 4.47 Å². The second kappa shape index (κ2) is 3.09. The van der Waals surface area contributed by atoms with E-state index in [9.17, 15) is 5.11 Å². The summed E-state index contributed by atoms with van der Waals surface area (Å²) >= 11 is 5.41. The Hall–Kier alpha value is 0.230. The van der Waals surface area contributed by atoms with Crippen LogP contribution < -0.4 is 0 Å². The Kier molecular flexibility index (Phi) is 2.57. The number of benzene rings is 1. The van der Waals surface area contributed by atoms with Gasteiger partial charge in [0, 0.05) is 3.57 Å². The van der Waals surface area contributed by atoms with E-state index in [-0.39, 0.29) is 0 Å².